The van der Waals surface area contributed by atoms with E-state index in [1.54, 1.807) is 12.2 Å². The van der Waals surface area contributed by atoms with E-state index < -0.39 is 11.2 Å². The zero-order valence-corrected chi connectivity index (χ0v) is 48.1. The van der Waals surface area contributed by atoms with Crippen molar-refractivity contribution < 1.29 is 18.7 Å². The average Bonchev–Trinajstić information content (AvgIpc) is 3.28. The first kappa shape index (κ1) is 67.4. The first-order valence-corrected chi connectivity index (χ1v) is 27.5. The molecule has 0 radical (unpaired) electrons. The summed E-state index contributed by atoms with van der Waals surface area (Å²) >= 11 is 0. The fraction of sp³-hybridized carbons (Fsp3) is 0.667. The third-order valence-electron chi connectivity index (χ3n) is 12.7. The van der Waals surface area contributed by atoms with Crippen LogP contribution in [0.5, 0.6) is 0 Å². The predicted molar refractivity (Wildman–Crippen MR) is 304 cm³/mol. The molecule has 2 fully saturated rings. The Bertz CT molecular complexity index is 1740. The predicted octanol–water partition coefficient (Wildman–Crippen LogP) is 19.1. The van der Waals surface area contributed by atoms with Gasteiger partial charge in [0.15, 0.2) is 5.78 Å². The molecule has 0 spiro atoms. The third kappa shape index (κ3) is 26.4. The minimum Gasteiger partial charge on any atom is -0.370 e. The number of Topliss-reactive ketones (excluding diaryl/α,β-unsaturated/α-hetero) is 2. The van der Waals surface area contributed by atoms with Gasteiger partial charge in [0.05, 0.1) is 23.4 Å². The molecule has 1 N–H and O–H groups in total. The minimum absolute atomic E-state index is 0.0243. The summed E-state index contributed by atoms with van der Waals surface area (Å²) in [7, 11) is 0. The largest absolute Gasteiger partial charge is 0.370 e. The lowest BCUT2D eigenvalue weighted by molar-refractivity contribution is -0.146. The van der Waals surface area contributed by atoms with Crippen LogP contribution in [0.4, 0.5) is 4.39 Å². The van der Waals surface area contributed by atoms with Crippen molar-refractivity contribution in [1.29, 1.82) is 0 Å². The summed E-state index contributed by atoms with van der Waals surface area (Å²) in [5.41, 5.74) is 6.32. The molecule has 6 heteroatoms. The molecule has 1 saturated heterocycles. The number of ketones is 2. The fourth-order valence-corrected chi connectivity index (χ4v) is 8.57. The lowest BCUT2D eigenvalue weighted by Crippen LogP contribution is -2.39. The highest BCUT2D eigenvalue weighted by Crippen LogP contribution is 2.40. The molecule has 1 aromatic rings. The number of nitrogens with zero attached hydrogens (tertiary/aromatic N) is 1. The molecule has 2 unspecified atom stereocenters. The van der Waals surface area contributed by atoms with Crippen LogP contribution in [0.15, 0.2) is 89.1 Å². The molecule has 3 rings (SSSR count). The van der Waals surface area contributed by atoms with Gasteiger partial charge in [-0.1, -0.05) is 192 Å². The Kier molecular flexibility index (Phi) is 38.1. The van der Waals surface area contributed by atoms with Gasteiger partial charge in [0.2, 0.25) is 0 Å². The Morgan fingerprint density at radius 1 is 0.913 bits per heavy atom. The Morgan fingerprint density at radius 2 is 1.48 bits per heavy atom. The topological polar surface area (TPSA) is 67.8 Å². The lowest BCUT2D eigenvalue weighted by atomic mass is 9.66. The number of hydrogen-bond donors (Lipinski definition) is 1. The molecule has 2 aliphatic rings. The normalized spacial score (nSPS) is 17.8. The summed E-state index contributed by atoms with van der Waals surface area (Å²) in [6.07, 6.45) is 27.5. The van der Waals surface area contributed by atoms with E-state index in [2.05, 4.69) is 106 Å². The highest BCUT2D eigenvalue weighted by atomic mass is 19.1. The van der Waals surface area contributed by atoms with Crippen LogP contribution in [-0.2, 0) is 19.7 Å². The molecule has 1 aliphatic carbocycles. The summed E-state index contributed by atoms with van der Waals surface area (Å²) in [5, 5.41) is 3.16. The van der Waals surface area contributed by atoms with Crippen molar-refractivity contribution in [2.24, 2.45) is 34.6 Å². The second-order valence-electron chi connectivity index (χ2n) is 20.6. The summed E-state index contributed by atoms with van der Waals surface area (Å²) in [5.74, 6) is 3.33. The number of rotatable bonds is 25. The van der Waals surface area contributed by atoms with E-state index >= 15 is 0 Å². The van der Waals surface area contributed by atoms with Gasteiger partial charge in [-0.05, 0) is 130 Å². The molecule has 2 atom stereocenters. The molecular formula is C63H107FN2O3. The Hall–Kier alpha value is -3.64. The van der Waals surface area contributed by atoms with Crippen LogP contribution < -0.4 is 5.32 Å². The highest BCUT2D eigenvalue weighted by molar-refractivity contribution is 5.92. The van der Waals surface area contributed by atoms with Crippen molar-refractivity contribution in [3.05, 3.63) is 101 Å². The van der Waals surface area contributed by atoms with Gasteiger partial charge in [-0.3, -0.25) is 14.6 Å². The van der Waals surface area contributed by atoms with Crippen LogP contribution in [-0.4, -0.2) is 30.5 Å². The SMILES string of the molecule is C=C/C(F)=C(\C=C/C)N/C(C)=C(C)/C(=C\C(=C)c1ccc(C(CCC)(CCC)C(=O)C(C)C)c(C)c1)N=CCC.CC(C)C.CCC(C)C(=O)C1CCO1.CCCC1CC(C)C1.CCCCCCC. The first-order chi connectivity index (χ1) is 32.7. The van der Waals surface area contributed by atoms with Gasteiger partial charge < -0.3 is 10.1 Å². The molecule has 1 heterocycles. The van der Waals surface area contributed by atoms with E-state index in [9.17, 15) is 14.0 Å². The molecule has 0 amide bonds. The second-order valence-corrected chi connectivity index (χ2v) is 20.6. The zero-order valence-electron chi connectivity index (χ0n) is 48.1. The standard InChI is InChI=1S/C36H51FN2O.C8H14O2.C8H16.C7H16.C4H10/c1-12-17-33(32(37)16-5)39-29(11)28(10)34(38-22-15-4)24-26(8)30-18-19-31(27(9)23-30)36(20-13-2,21-14-3)35(40)25(6)7;1-3-6(2)8(9)7-4-5-10-7;1-3-4-8-5-7(2)6-8;1-3-5-7-6-4-2;1-4(2)3/h12,16-19,22-25,39H,5,8,13-15,20-21H2,1-4,6-7,9-11H3;6-7H,3-5H2,1-2H3;7-8H,3-6H2,1-2H3;3-7H2,1-2H3;4H,1-3H3/b17-12-,29-28+,33-32-,34-24+,38-22?;;;;. The number of hydrogen-bond acceptors (Lipinski definition) is 5. The Balaban J connectivity index is 0. The van der Waals surface area contributed by atoms with E-state index in [0.29, 0.717) is 11.5 Å². The first-order valence-electron chi connectivity index (χ1n) is 27.5. The van der Waals surface area contributed by atoms with Gasteiger partial charge in [0.1, 0.15) is 17.7 Å². The van der Waals surface area contributed by atoms with Crippen LogP contribution in [0, 0.1) is 36.5 Å². The number of carbonyl (C=O) groups is 2. The van der Waals surface area contributed by atoms with E-state index in [0.717, 1.165) is 109 Å². The van der Waals surface area contributed by atoms with Gasteiger partial charge >= 0.3 is 0 Å². The van der Waals surface area contributed by atoms with E-state index in [4.69, 9.17) is 9.73 Å². The molecular weight excluding hydrogens is 852 g/mol. The van der Waals surface area contributed by atoms with E-state index in [1.807, 2.05) is 67.7 Å². The van der Waals surface area contributed by atoms with Gasteiger partial charge in [0.25, 0.3) is 0 Å². The number of nitrogens with one attached hydrogen (secondary N) is 1. The van der Waals surface area contributed by atoms with Gasteiger partial charge in [-0.25, -0.2) is 4.39 Å². The number of halogens is 1. The summed E-state index contributed by atoms with van der Waals surface area (Å²) in [6.45, 7) is 46.5. The van der Waals surface area contributed by atoms with Crippen molar-refractivity contribution in [2.75, 3.05) is 6.61 Å². The lowest BCUT2D eigenvalue weighted by Gasteiger charge is -2.36. The van der Waals surface area contributed by atoms with Crippen LogP contribution in [0.25, 0.3) is 5.57 Å². The number of allylic oxidation sites excluding steroid dienone is 8. The van der Waals surface area contributed by atoms with Crippen molar-refractivity contribution >= 4 is 23.4 Å². The molecule has 394 valence electrons. The van der Waals surface area contributed by atoms with E-state index in [1.165, 1.54) is 63.9 Å². The number of ether oxygens (including phenoxy) is 1. The molecule has 1 saturated carbocycles. The van der Waals surface area contributed by atoms with Crippen LogP contribution in [0.3, 0.4) is 0 Å². The quantitative estimate of drug-likeness (QED) is 0.0602. The van der Waals surface area contributed by atoms with Crippen molar-refractivity contribution in [3.8, 4) is 0 Å². The zero-order chi connectivity index (χ0) is 53.1. The third-order valence-corrected chi connectivity index (χ3v) is 12.7. The van der Waals surface area contributed by atoms with Crippen LogP contribution >= 0.6 is 0 Å². The van der Waals surface area contributed by atoms with Gasteiger partial charge in [-0.15, -0.1) is 0 Å². The van der Waals surface area contributed by atoms with Crippen molar-refractivity contribution in [1.82, 2.24) is 5.32 Å². The number of aliphatic imine (C=N–C) groups is 1. The maximum atomic E-state index is 14.3. The number of unbranched alkanes of at least 4 members (excludes halogenated alkanes) is 4. The molecule has 0 aromatic heterocycles. The summed E-state index contributed by atoms with van der Waals surface area (Å²) < 4.78 is 19.4. The maximum Gasteiger partial charge on any atom is 0.164 e. The number of aryl methyl sites for hydroxylation is 1. The molecule has 5 nitrogen and oxygen atoms in total. The smallest absolute Gasteiger partial charge is 0.164 e. The molecule has 1 aromatic carbocycles. The number of carbonyl (C=O) groups excluding carboxylic acids is 2. The monoisotopic (exact) mass is 959 g/mol. The second kappa shape index (κ2) is 39.0. The van der Waals surface area contributed by atoms with Crippen LogP contribution in [0.2, 0.25) is 0 Å². The molecule has 0 bridgehead atoms. The van der Waals surface area contributed by atoms with Gasteiger partial charge in [-0.2, -0.15) is 0 Å². The average molecular weight is 960 g/mol. The highest BCUT2D eigenvalue weighted by Gasteiger charge is 2.40. The van der Waals surface area contributed by atoms with Crippen LogP contribution in [0.1, 0.15) is 237 Å². The summed E-state index contributed by atoms with van der Waals surface area (Å²) in [4.78, 5) is 29.5. The Labute approximate surface area is 426 Å². The minimum atomic E-state index is -0.463. The van der Waals surface area contributed by atoms with Crippen molar-refractivity contribution in [3.63, 3.8) is 0 Å². The maximum absolute atomic E-state index is 14.3. The van der Waals surface area contributed by atoms with Crippen molar-refractivity contribution in [2.45, 2.75) is 239 Å². The molecule has 69 heavy (non-hydrogen) atoms. The van der Waals surface area contributed by atoms with E-state index in [-0.39, 0.29) is 23.7 Å². The number of benzene rings is 1. The molecule has 1 aliphatic heterocycles. The Morgan fingerprint density at radius 3 is 1.87 bits per heavy atom. The van der Waals surface area contributed by atoms with Gasteiger partial charge in [0, 0.05) is 30.2 Å². The fourth-order valence-electron chi connectivity index (χ4n) is 8.57. The summed E-state index contributed by atoms with van der Waals surface area (Å²) in [6, 6.07) is 6.35.